The zero-order chi connectivity index (χ0) is 21.3. The molecule has 0 aliphatic rings. The molecule has 0 aromatic heterocycles. The van der Waals surface area contributed by atoms with E-state index in [1.54, 1.807) is 30.3 Å². The minimum Gasteiger partial charge on any atom is -0.486 e. The van der Waals surface area contributed by atoms with E-state index in [9.17, 15) is 12.8 Å². The summed E-state index contributed by atoms with van der Waals surface area (Å²) in [6, 6.07) is 13.2. The van der Waals surface area contributed by atoms with Crippen molar-refractivity contribution in [3.8, 4) is 5.75 Å². The Bertz CT molecular complexity index is 921. The third-order valence-corrected chi connectivity index (χ3v) is 5.20. The Morgan fingerprint density at radius 2 is 1.80 bits per heavy atom. The van der Waals surface area contributed by atoms with Gasteiger partial charge in [0.2, 0.25) is 0 Å². The van der Waals surface area contributed by atoms with Crippen LogP contribution in [0.2, 0.25) is 0 Å². The summed E-state index contributed by atoms with van der Waals surface area (Å²) < 4.78 is 42.3. The molecule has 6 nitrogen and oxygen atoms in total. The molecule has 0 fully saturated rings. The highest BCUT2D eigenvalue weighted by molar-refractivity contribution is 14.0. The van der Waals surface area contributed by atoms with Gasteiger partial charge in [0, 0.05) is 19.3 Å². The lowest BCUT2D eigenvalue weighted by Crippen LogP contribution is -2.39. The van der Waals surface area contributed by atoms with Gasteiger partial charge >= 0.3 is 0 Å². The maximum atomic E-state index is 13.7. The van der Waals surface area contributed by atoms with Gasteiger partial charge in [0.05, 0.1) is 11.4 Å². The summed E-state index contributed by atoms with van der Waals surface area (Å²) in [4.78, 5) is 4.80. The molecule has 1 atom stereocenters. The molecule has 9 heteroatoms. The van der Waals surface area contributed by atoms with Gasteiger partial charge in [-0.2, -0.15) is 0 Å². The van der Waals surface area contributed by atoms with Crippen molar-refractivity contribution in [1.82, 2.24) is 10.6 Å². The van der Waals surface area contributed by atoms with E-state index in [1.165, 1.54) is 12.3 Å². The maximum absolute atomic E-state index is 13.7. The Kier molecular flexibility index (Phi) is 11.1. The first kappa shape index (κ1) is 26.2. The molecule has 0 aliphatic heterocycles. The molecule has 2 aromatic rings. The first-order chi connectivity index (χ1) is 13.8. The predicted molar refractivity (Wildman–Crippen MR) is 129 cm³/mol. The van der Waals surface area contributed by atoms with Crippen LogP contribution >= 0.6 is 24.0 Å². The molecule has 0 radical (unpaired) electrons. The van der Waals surface area contributed by atoms with Crippen LogP contribution in [0.15, 0.2) is 58.4 Å². The first-order valence-corrected chi connectivity index (χ1v) is 11.4. The lowest BCUT2D eigenvalue weighted by Gasteiger charge is -2.15. The van der Waals surface area contributed by atoms with Crippen LogP contribution in [0.25, 0.3) is 0 Å². The molecule has 2 N–H and O–H groups in total. The molecular formula is C21H29FIN3O3S. The Morgan fingerprint density at radius 3 is 2.40 bits per heavy atom. The van der Waals surface area contributed by atoms with Crippen LogP contribution in [0.5, 0.6) is 5.75 Å². The van der Waals surface area contributed by atoms with Crippen molar-refractivity contribution in [1.29, 1.82) is 0 Å². The van der Waals surface area contributed by atoms with Crippen LogP contribution in [0.4, 0.5) is 4.39 Å². The summed E-state index contributed by atoms with van der Waals surface area (Å²) in [5.74, 6) is 0.463. The second-order valence-corrected chi connectivity index (χ2v) is 8.69. The van der Waals surface area contributed by atoms with Crippen LogP contribution in [0.3, 0.4) is 0 Å². The van der Waals surface area contributed by atoms with Crippen molar-refractivity contribution in [2.75, 3.05) is 25.9 Å². The largest absolute Gasteiger partial charge is 0.486 e. The van der Waals surface area contributed by atoms with Crippen molar-refractivity contribution in [2.24, 2.45) is 4.99 Å². The molecule has 0 saturated heterocycles. The summed E-state index contributed by atoms with van der Waals surface area (Å²) in [5, 5.41) is 6.39. The highest BCUT2D eigenvalue weighted by Crippen LogP contribution is 2.17. The fraction of sp³-hybridized carbons (Fsp3) is 0.381. The highest BCUT2D eigenvalue weighted by Gasteiger charge is 2.09. The van der Waals surface area contributed by atoms with Crippen LogP contribution in [0.1, 0.15) is 19.4 Å². The number of rotatable bonds is 9. The number of sulfone groups is 1. The molecule has 0 bridgehead atoms. The smallest absolute Gasteiger partial charge is 0.191 e. The van der Waals surface area contributed by atoms with Crippen molar-refractivity contribution < 1.29 is 17.5 Å². The lowest BCUT2D eigenvalue weighted by molar-refractivity contribution is 0.220. The average Bonchev–Trinajstić information content (AvgIpc) is 2.67. The molecular weight excluding hydrogens is 520 g/mol. The molecule has 0 saturated carbocycles. The number of nitrogens with one attached hydrogen (secondary N) is 2. The van der Waals surface area contributed by atoms with Crippen molar-refractivity contribution in [3.05, 3.63) is 59.9 Å². The molecule has 0 spiro atoms. The standard InChI is InChI=1S/C21H28FN3O3S.HI/c1-4-23-21(25-15-16(2)28-20-8-6-5-7-19(20)22)24-14-13-17-9-11-18(12-10-17)29(3,26)27;/h5-12,16H,4,13-15H2,1-3H3,(H2,23,24,25);1H. The molecule has 30 heavy (non-hydrogen) atoms. The maximum Gasteiger partial charge on any atom is 0.191 e. The monoisotopic (exact) mass is 549 g/mol. The molecule has 166 valence electrons. The molecule has 0 amide bonds. The van der Waals surface area contributed by atoms with E-state index in [0.29, 0.717) is 30.5 Å². The number of para-hydroxylation sites is 1. The van der Waals surface area contributed by atoms with Crippen LogP contribution < -0.4 is 15.4 Å². The molecule has 0 heterocycles. The van der Waals surface area contributed by atoms with E-state index in [0.717, 1.165) is 12.0 Å². The van der Waals surface area contributed by atoms with Crippen LogP contribution in [-0.4, -0.2) is 46.4 Å². The Balaban J connectivity index is 0.00000450. The van der Waals surface area contributed by atoms with E-state index < -0.39 is 15.7 Å². The number of guanidine groups is 1. The van der Waals surface area contributed by atoms with Crippen molar-refractivity contribution >= 4 is 39.8 Å². The van der Waals surface area contributed by atoms with Gasteiger partial charge in [0.15, 0.2) is 27.4 Å². The third-order valence-electron chi connectivity index (χ3n) is 4.07. The minimum atomic E-state index is -3.18. The lowest BCUT2D eigenvalue weighted by atomic mass is 10.1. The Morgan fingerprint density at radius 1 is 1.13 bits per heavy atom. The normalized spacial score (nSPS) is 12.6. The summed E-state index contributed by atoms with van der Waals surface area (Å²) in [6.07, 6.45) is 1.63. The van der Waals surface area contributed by atoms with Crippen molar-refractivity contribution in [3.63, 3.8) is 0 Å². The SMILES string of the molecule is CCNC(=NCC(C)Oc1ccccc1F)NCCc1ccc(S(C)(=O)=O)cc1.I. The number of hydrogen-bond acceptors (Lipinski definition) is 4. The number of halogens is 2. The van der Waals surface area contributed by atoms with Gasteiger partial charge in [0.1, 0.15) is 6.10 Å². The first-order valence-electron chi connectivity index (χ1n) is 9.52. The molecule has 2 aromatic carbocycles. The van der Waals surface area contributed by atoms with Crippen LogP contribution in [0, 0.1) is 5.82 Å². The summed E-state index contributed by atoms with van der Waals surface area (Å²) in [6.45, 7) is 5.51. The number of aliphatic imine (C=N–C) groups is 1. The molecule has 0 aliphatic carbocycles. The second-order valence-electron chi connectivity index (χ2n) is 6.67. The number of hydrogen-bond donors (Lipinski definition) is 2. The predicted octanol–water partition coefficient (Wildman–Crippen LogP) is 3.41. The van der Waals surface area contributed by atoms with Crippen molar-refractivity contribution in [2.45, 2.75) is 31.3 Å². The number of ether oxygens (including phenoxy) is 1. The van der Waals surface area contributed by atoms with E-state index in [-0.39, 0.29) is 35.8 Å². The molecule has 1 unspecified atom stereocenters. The van der Waals surface area contributed by atoms with Gasteiger partial charge in [-0.25, -0.2) is 17.8 Å². The average molecular weight is 549 g/mol. The fourth-order valence-electron chi connectivity index (χ4n) is 2.58. The van der Waals surface area contributed by atoms with Crippen LogP contribution in [-0.2, 0) is 16.3 Å². The van der Waals surface area contributed by atoms with Gasteiger partial charge in [-0.1, -0.05) is 24.3 Å². The van der Waals surface area contributed by atoms with E-state index in [1.807, 2.05) is 26.0 Å². The van der Waals surface area contributed by atoms with Gasteiger partial charge < -0.3 is 15.4 Å². The Labute approximate surface area is 195 Å². The van der Waals surface area contributed by atoms with E-state index >= 15 is 0 Å². The summed E-state index contributed by atoms with van der Waals surface area (Å²) in [7, 11) is -3.18. The van der Waals surface area contributed by atoms with E-state index in [4.69, 9.17) is 4.74 Å². The van der Waals surface area contributed by atoms with Gasteiger partial charge in [-0.05, 0) is 50.1 Å². The van der Waals surface area contributed by atoms with Gasteiger partial charge in [0.25, 0.3) is 0 Å². The topological polar surface area (TPSA) is 79.8 Å². The number of nitrogens with zero attached hydrogens (tertiary/aromatic N) is 1. The highest BCUT2D eigenvalue weighted by atomic mass is 127. The zero-order valence-corrected chi connectivity index (χ0v) is 20.5. The van der Waals surface area contributed by atoms with Gasteiger partial charge in [-0.15, -0.1) is 24.0 Å². The minimum absolute atomic E-state index is 0. The third kappa shape index (κ3) is 8.86. The second kappa shape index (κ2) is 12.7. The quantitative estimate of drug-likeness (QED) is 0.285. The van der Waals surface area contributed by atoms with E-state index in [2.05, 4.69) is 15.6 Å². The zero-order valence-electron chi connectivity index (χ0n) is 17.4. The van der Waals surface area contributed by atoms with Gasteiger partial charge in [-0.3, -0.25) is 0 Å². The molecule has 2 rings (SSSR count). The fourth-order valence-corrected chi connectivity index (χ4v) is 3.21. The summed E-state index contributed by atoms with van der Waals surface area (Å²) >= 11 is 0. The Hall–Kier alpha value is -1.88. The summed E-state index contributed by atoms with van der Waals surface area (Å²) in [5.41, 5.74) is 1.03. The number of benzene rings is 2.